The number of hydrogen-bond donors (Lipinski definition) is 4. The van der Waals surface area contributed by atoms with Crippen molar-refractivity contribution in [1.29, 1.82) is 0 Å². The zero-order chi connectivity index (χ0) is 54.8. The summed E-state index contributed by atoms with van der Waals surface area (Å²) >= 11 is 0. The van der Waals surface area contributed by atoms with Crippen LogP contribution in [-0.4, -0.2) is 136 Å². The fourth-order valence-electron chi connectivity index (χ4n) is 6.93. The van der Waals surface area contributed by atoms with Gasteiger partial charge in [0, 0.05) is 24.8 Å². The lowest BCUT2D eigenvalue weighted by molar-refractivity contribution is 0.0591. The third-order valence-electron chi connectivity index (χ3n) is 10.6. The molecule has 0 bridgehead atoms. The maximum absolute atomic E-state index is 12.5. The average Bonchev–Trinajstić information content (AvgIpc) is 3.46. The Hall–Kier alpha value is -11.0. The molecule has 380 valence electrons. The lowest BCUT2D eigenvalue weighted by Gasteiger charge is -2.11. The van der Waals surface area contributed by atoms with E-state index in [2.05, 4.69) is 39.9 Å². The Bertz CT molecular complexity index is 3440. The number of aromatic carboxylic acids is 4. The Morgan fingerprint density at radius 1 is 0.276 bits per heavy atom. The standard InChI is InChI=1S/C28H22N4O8.C24H14N4O8/c1-37-25(33)15-5-7-29-19(9-15)21-11-17(27(35)39-3)13-23(31-21)24-14-18(28(36)40-4)12-22(32-24)20-10-16(6-8-30-20)26(34)38-2;29-21(30)11-1-3-25-15(5-11)17-7-13(23(33)34)9-19(27-17)20-10-14(24(35)36)8-18(28-20)16-6-12(22(31)32)2-4-26-16/h5-14H,1-4H3;1-10H,(H,29,30)(H,31,32)(H,33,34)(H,35,36). The van der Waals surface area contributed by atoms with Crippen LogP contribution >= 0.6 is 0 Å². The minimum absolute atomic E-state index is 0.0167. The van der Waals surface area contributed by atoms with Gasteiger partial charge in [0.25, 0.3) is 0 Å². The number of carboxylic acid groups (broad SMARTS) is 4. The van der Waals surface area contributed by atoms with Gasteiger partial charge >= 0.3 is 47.8 Å². The molecule has 4 N–H and O–H groups in total. The fourth-order valence-corrected chi connectivity index (χ4v) is 6.93. The van der Waals surface area contributed by atoms with Crippen LogP contribution in [-0.2, 0) is 18.9 Å². The largest absolute Gasteiger partial charge is 0.478 e. The van der Waals surface area contributed by atoms with E-state index in [1.807, 2.05) is 0 Å². The number of carbonyl (C=O) groups excluding carboxylic acids is 4. The summed E-state index contributed by atoms with van der Waals surface area (Å²) in [6, 6.07) is 21.3. The number of rotatable bonds is 14. The summed E-state index contributed by atoms with van der Waals surface area (Å²) in [5, 5.41) is 37.7. The SMILES string of the molecule is COC(=O)c1ccnc(-c2cc(C(=O)OC)cc(-c3cc(C(=O)OC)cc(-c4cc(C(=O)OC)ccn4)n3)n2)c1.O=C(O)c1ccnc(-c2cc(C(=O)O)cc(-c3cc(C(=O)O)cc(-c4cc(C(=O)O)ccn4)n3)n2)c1. The van der Waals surface area contributed by atoms with Gasteiger partial charge in [0.15, 0.2) is 0 Å². The molecule has 24 nitrogen and oxygen atoms in total. The van der Waals surface area contributed by atoms with Gasteiger partial charge < -0.3 is 39.4 Å². The lowest BCUT2D eigenvalue weighted by Crippen LogP contribution is -2.07. The number of pyridine rings is 8. The highest BCUT2D eigenvalue weighted by molar-refractivity contribution is 5.97. The van der Waals surface area contributed by atoms with Crippen LogP contribution in [0, 0.1) is 0 Å². The highest BCUT2D eigenvalue weighted by Gasteiger charge is 2.22. The van der Waals surface area contributed by atoms with E-state index in [0.717, 1.165) is 0 Å². The molecule has 0 fully saturated rings. The summed E-state index contributed by atoms with van der Waals surface area (Å²) in [5.74, 6) is -7.55. The number of esters is 4. The molecule has 0 spiro atoms. The summed E-state index contributed by atoms with van der Waals surface area (Å²) in [7, 11) is 4.97. The van der Waals surface area contributed by atoms with Crippen LogP contribution in [0.1, 0.15) is 82.9 Å². The van der Waals surface area contributed by atoms with Crippen molar-refractivity contribution in [2.75, 3.05) is 28.4 Å². The number of methoxy groups -OCH3 is 4. The third kappa shape index (κ3) is 12.2. The van der Waals surface area contributed by atoms with Gasteiger partial charge in [0.05, 0.1) is 141 Å². The average molecular weight is 1030 g/mol. The van der Waals surface area contributed by atoms with Crippen LogP contribution in [0.5, 0.6) is 0 Å². The number of nitrogens with zero attached hydrogens (tertiary/aromatic N) is 8. The van der Waals surface area contributed by atoms with Gasteiger partial charge in [0.1, 0.15) is 0 Å². The molecule has 8 heterocycles. The molecule has 0 atom stereocenters. The van der Waals surface area contributed by atoms with Crippen LogP contribution in [0.4, 0.5) is 0 Å². The van der Waals surface area contributed by atoms with Crippen molar-refractivity contribution < 1.29 is 77.7 Å². The molecule has 0 saturated heterocycles. The van der Waals surface area contributed by atoms with E-state index in [-0.39, 0.29) is 113 Å². The summed E-state index contributed by atoms with van der Waals surface area (Å²) in [6.45, 7) is 0. The van der Waals surface area contributed by atoms with Gasteiger partial charge in [-0.3, -0.25) is 19.9 Å². The topological polar surface area (TPSA) is 358 Å². The molecule has 0 radical (unpaired) electrons. The summed E-state index contributed by atoms with van der Waals surface area (Å²) in [4.78, 5) is 130. The van der Waals surface area contributed by atoms with Crippen molar-refractivity contribution in [2.45, 2.75) is 0 Å². The third-order valence-corrected chi connectivity index (χ3v) is 10.6. The minimum atomic E-state index is -1.32. The van der Waals surface area contributed by atoms with Crippen molar-refractivity contribution in [3.8, 4) is 68.3 Å². The van der Waals surface area contributed by atoms with Gasteiger partial charge in [-0.25, -0.2) is 58.3 Å². The first kappa shape index (κ1) is 52.8. The molecule has 0 aliphatic carbocycles. The molecule has 0 saturated carbocycles. The van der Waals surface area contributed by atoms with E-state index < -0.39 is 47.8 Å². The normalized spacial score (nSPS) is 10.5. The Morgan fingerprint density at radius 2 is 0.461 bits per heavy atom. The molecule has 8 rings (SSSR count). The molecule has 76 heavy (non-hydrogen) atoms. The first-order chi connectivity index (χ1) is 36.4. The molecular weight excluding hydrogens is 993 g/mol. The molecule has 0 aliphatic heterocycles. The minimum Gasteiger partial charge on any atom is -0.478 e. The second kappa shape index (κ2) is 23.0. The Morgan fingerprint density at radius 3 is 0.697 bits per heavy atom. The maximum atomic E-state index is 12.5. The molecule has 8 aromatic rings. The quantitative estimate of drug-likeness (QED) is 0.0669. The maximum Gasteiger partial charge on any atom is 0.338 e. The fraction of sp³-hybridized carbons (Fsp3) is 0.0769. The van der Waals surface area contributed by atoms with Crippen molar-refractivity contribution in [2.24, 2.45) is 0 Å². The van der Waals surface area contributed by atoms with E-state index in [0.29, 0.717) is 0 Å². The number of hydrogen-bond acceptors (Lipinski definition) is 20. The molecular formula is C52H36N8O16. The molecule has 0 aromatic carbocycles. The Labute approximate surface area is 427 Å². The second-order valence-electron chi connectivity index (χ2n) is 15.4. The van der Waals surface area contributed by atoms with Crippen LogP contribution in [0.15, 0.2) is 122 Å². The monoisotopic (exact) mass is 1030 g/mol. The number of aromatic nitrogens is 8. The summed E-state index contributed by atoms with van der Waals surface area (Å²) < 4.78 is 19.4. The highest BCUT2D eigenvalue weighted by atomic mass is 16.5. The molecule has 0 aliphatic rings. The van der Waals surface area contributed by atoms with E-state index >= 15 is 0 Å². The summed E-state index contributed by atoms with van der Waals surface area (Å²) in [6.07, 6.45) is 5.27. The van der Waals surface area contributed by atoms with Gasteiger partial charge in [-0.2, -0.15) is 0 Å². The summed E-state index contributed by atoms with van der Waals surface area (Å²) in [5.41, 5.74) is 1.49. The lowest BCUT2D eigenvalue weighted by atomic mass is 10.1. The Kier molecular flexibility index (Phi) is 16.0. The van der Waals surface area contributed by atoms with Crippen LogP contribution < -0.4 is 0 Å². The van der Waals surface area contributed by atoms with E-state index in [9.17, 15) is 58.8 Å². The number of carbonyl (C=O) groups is 8. The van der Waals surface area contributed by atoms with Crippen molar-refractivity contribution in [3.05, 3.63) is 166 Å². The van der Waals surface area contributed by atoms with Crippen LogP contribution in [0.25, 0.3) is 68.3 Å². The van der Waals surface area contributed by atoms with E-state index in [4.69, 9.17) is 18.9 Å². The van der Waals surface area contributed by atoms with Gasteiger partial charge in [-0.1, -0.05) is 0 Å². The van der Waals surface area contributed by atoms with E-state index in [1.54, 1.807) is 0 Å². The predicted octanol–water partition coefficient (Wildman–Crippen LogP) is 6.47. The zero-order valence-electron chi connectivity index (χ0n) is 39.8. The highest BCUT2D eigenvalue weighted by Crippen LogP contribution is 2.30. The van der Waals surface area contributed by atoms with Gasteiger partial charge in [0.2, 0.25) is 0 Å². The first-order valence-corrected chi connectivity index (χ1v) is 21.6. The predicted molar refractivity (Wildman–Crippen MR) is 261 cm³/mol. The van der Waals surface area contributed by atoms with Crippen molar-refractivity contribution in [1.82, 2.24) is 39.9 Å². The second-order valence-corrected chi connectivity index (χ2v) is 15.4. The molecule has 0 amide bonds. The molecule has 8 aromatic heterocycles. The molecule has 24 heteroatoms. The van der Waals surface area contributed by atoms with Crippen LogP contribution in [0.3, 0.4) is 0 Å². The van der Waals surface area contributed by atoms with Crippen LogP contribution in [0.2, 0.25) is 0 Å². The molecule has 0 unspecified atom stereocenters. The Balaban J connectivity index is 0.000000222. The number of ether oxygens (including phenoxy) is 4. The van der Waals surface area contributed by atoms with Gasteiger partial charge in [-0.15, -0.1) is 0 Å². The first-order valence-electron chi connectivity index (χ1n) is 21.6. The van der Waals surface area contributed by atoms with Gasteiger partial charge in [-0.05, 0) is 97.1 Å². The smallest absolute Gasteiger partial charge is 0.338 e. The van der Waals surface area contributed by atoms with Crippen molar-refractivity contribution >= 4 is 47.8 Å². The van der Waals surface area contributed by atoms with Crippen molar-refractivity contribution in [3.63, 3.8) is 0 Å². The zero-order valence-corrected chi connectivity index (χ0v) is 39.8. The number of carboxylic acids is 4. The van der Waals surface area contributed by atoms with E-state index in [1.165, 1.54) is 150 Å².